The van der Waals surface area contributed by atoms with Gasteiger partial charge in [-0.05, 0) is 29.6 Å². The van der Waals surface area contributed by atoms with Crippen LogP contribution in [0.2, 0.25) is 0 Å². The number of benzene rings is 2. The summed E-state index contributed by atoms with van der Waals surface area (Å²) in [5.41, 5.74) is 3.55. The van der Waals surface area contributed by atoms with Crippen molar-refractivity contribution in [3.8, 4) is 0 Å². The first kappa shape index (κ1) is 10.4. The van der Waals surface area contributed by atoms with Crippen LogP contribution in [0.4, 0.5) is 0 Å². The van der Waals surface area contributed by atoms with Gasteiger partial charge in [0.05, 0.1) is 11.0 Å². The minimum Gasteiger partial charge on any atom is -0.272 e. The normalized spacial score (nSPS) is 10.8. The van der Waals surface area contributed by atoms with Crippen molar-refractivity contribution in [1.29, 1.82) is 0 Å². The number of hydrogen-bond acceptors (Lipinski definition) is 2. The lowest BCUT2D eigenvalue weighted by atomic mass is 10.2. The third-order valence-electron chi connectivity index (χ3n) is 2.63. The molecule has 1 aromatic heterocycles. The molecular formula is C14H12N2S. The first-order valence-corrected chi connectivity index (χ1v) is 6.47. The molecule has 0 amide bonds. The van der Waals surface area contributed by atoms with Gasteiger partial charge in [0.25, 0.3) is 0 Å². The molecule has 0 radical (unpaired) electrons. The minimum atomic E-state index is 0.960. The Morgan fingerprint density at radius 3 is 2.59 bits per heavy atom. The lowest BCUT2D eigenvalue weighted by molar-refractivity contribution is 1.25. The van der Waals surface area contributed by atoms with E-state index < -0.39 is 0 Å². The van der Waals surface area contributed by atoms with Gasteiger partial charge < -0.3 is 0 Å². The lowest BCUT2D eigenvalue weighted by Gasteiger charge is -2.03. The molecule has 2 aromatic carbocycles. The quantitative estimate of drug-likeness (QED) is 0.694. The zero-order chi connectivity index (χ0) is 11.5. The van der Waals surface area contributed by atoms with Crippen LogP contribution in [0, 0.1) is 0 Å². The second kappa shape index (κ2) is 4.63. The Morgan fingerprint density at radius 1 is 0.941 bits per heavy atom. The second-order valence-electron chi connectivity index (χ2n) is 3.82. The van der Waals surface area contributed by atoms with Gasteiger partial charge >= 0.3 is 0 Å². The van der Waals surface area contributed by atoms with Crippen LogP contribution in [-0.2, 0) is 5.75 Å². The molecule has 0 saturated carbocycles. The summed E-state index contributed by atoms with van der Waals surface area (Å²) >= 11 is 1.76. The van der Waals surface area contributed by atoms with Gasteiger partial charge in [-0.15, -0.1) is 0 Å². The number of imidazole rings is 1. The summed E-state index contributed by atoms with van der Waals surface area (Å²) in [5, 5.41) is 0. The lowest BCUT2D eigenvalue weighted by Crippen LogP contribution is -1.86. The highest BCUT2D eigenvalue weighted by Gasteiger charge is 2.01. The van der Waals surface area contributed by atoms with Crippen molar-refractivity contribution in [3.05, 3.63) is 66.5 Å². The monoisotopic (exact) mass is 240 g/mol. The van der Waals surface area contributed by atoms with Crippen LogP contribution < -0.4 is 0 Å². The molecule has 0 atom stereocenters. The highest BCUT2D eigenvalue weighted by atomic mass is 32.2. The van der Waals surface area contributed by atoms with Crippen LogP contribution in [0.3, 0.4) is 0 Å². The SMILES string of the molecule is c1ccc(CSn2cnc3ccccc32)cc1. The summed E-state index contributed by atoms with van der Waals surface area (Å²) in [5.74, 6) is 0.960. The minimum absolute atomic E-state index is 0.960. The highest BCUT2D eigenvalue weighted by Crippen LogP contribution is 2.20. The molecule has 2 nitrogen and oxygen atoms in total. The molecule has 0 aliphatic carbocycles. The first-order chi connectivity index (χ1) is 8.43. The molecule has 3 heteroatoms. The Balaban J connectivity index is 1.82. The van der Waals surface area contributed by atoms with Crippen LogP contribution in [0.25, 0.3) is 11.0 Å². The van der Waals surface area contributed by atoms with E-state index in [0.717, 1.165) is 11.3 Å². The molecule has 0 saturated heterocycles. The number of aromatic nitrogens is 2. The van der Waals surface area contributed by atoms with E-state index in [1.165, 1.54) is 11.1 Å². The average molecular weight is 240 g/mol. The number of fused-ring (bicyclic) bond motifs is 1. The van der Waals surface area contributed by atoms with Crippen molar-refractivity contribution < 1.29 is 0 Å². The van der Waals surface area contributed by atoms with E-state index in [1.54, 1.807) is 11.9 Å². The summed E-state index contributed by atoms with van der Waals surface area (Å²) in [6.45, 7) is 0. The largest absolute Gasteiger partial charge is 0.272 e. The van der Waals surface area contributed by atoms with Crippen molar-refractivity contribution >= 4 is 23.0 Å². The van der Waals surface area contributed by atoms with Gasteiger partial charge in [-0.2, -0.15) is 0 Å². The van der Waals surface area contributed by atoms with Gasteiger partial charge in [-0.25, -0.2) is 4.98 Å². The molecule has 0 aliphatic rings. The standard InChI is InChI=1S/C14H12N2S/c1-2-6-12(7-3-1)10-17-16-11-15-13-8-4-5-9-14(13)16/h1-9,11H,10H2. The number of nitrogens with zero attached hydrogens (tertiary/aromatic N) is 2. The number of rotatable bonds is 3. The smallest absolute Gasteiger partial charge is 0.106 e. The fourth-order valence-corrected chi connectivity index (χ4v) is 2.65. The van der Waals surface area contributed by atoms with Crippen LogP contribution in [0.1, 0.15) is 5.56 Å². The molecule has 0 bridgehead atoms. The molecule has 3 aromatic rings. The fraction of sp³-hybridized carbons (Fsp3) is 0.0714. The third kappa shape index (κ3) is 2.19. The maximum Gasteiger partial charge on any atom is 0.106 e. The molecule has 0 fully saturated rings. The average Bonchev–Trinajstić information content (AvgIpc) is 2.81. The van der Waals surface area contributed by atoms with Crippen LogP contribution in [0.5, 0.6) is 0 Å². The molecule has 0 aliphatic heterocycles. The maximum absolute atomic E-state index is 4.37. The first-order valence-electron chi connectivity index (χ1n) is 5.53. The van der Waals surface area contributed by atoms with Gasteiger partial charge in [0, 0.05) is 5.75 Å². The predicted molar refractivity (Wildman–Crippen MR) is 72.9 cm³/mol. The fourth-order valence-electron chi connectivity index (χ4n) is 1.76. The van der Waals surface area contributed by atoms with Crippen molar-refractivity contribution in [1.82, 2.24) is 8.96 Å². The molecule has 0 spiro atoms. The van der Waals surface area contributed by atoms with E-state index in [1.807, 2.05) is 30.6 Å². The summed E-state index contributed by atoms with van der Waals surface area (Å²) < 4.78 is 2.13. The van der Waals surface area contributed by atoms with E-state index in [2.05, 4.69) is 39.3 Å². The van der Waals surface area contributed by atoms with Gasteiger partial charge in [0.2, 0.25) is 0 Å². The highest BCUT2D eigenvalue weighted by molar-refractivity contribution is 7.97. The zero-order valence-corrected chi connectivity index (χ0v) is 10.1. The van der Waals surface area contributed by atoms with E-state index in [0.29, 0.717) is 0 Å². The molecular weight excluding hydrogens is 228 g/mol. The Morgan fingerprint density at radius 2 is 1.71 bits per heavy atom. The summed E-state index contributed by atoms with van der Waals surface area (Å²) in [6.07, 6.45) is 1.89. The van der Waals surface area contributed by atoms with E-state index >= 15 is 0 Å². The van der Waals surface area contributed by atoms with Crippen LogP contribution >= 0.6 is 11.9 Å². The molecule has 17 heavy (non-hydrogen) atoms. The van der Waals surface area contributed by atoms with Gasteiger partial charge in [-0.1, -0.05) is 42.5 Å². The summed E-state index contributed by atoms with van der Waals surface area (Å²) in [6, 6.07) is 18.7. The van der Waals surface area contributed by atoms with E-state index in [4.69, 9.17) is 0 Å². The Kier molecular flexibility index (Phi) is 2.84. The number of para-hydroxylation sites is 2. The second-order valence-corrected chi connectivity index (χ2v) is 4.76. The van der Waals surface area contributed by atoms with Gasteiger partial charge in [-0.3, -0.25) is 3.97 Å². The van der Waals surface area contributed by atoms with Crippen LogP contribution in [-0.4, -0.2) is 8.96 Å². The molecule has 0 N–H and O–H groups in total. The van der Waals surface area contributed by atoms with Crippen molar-refractivity contribution in [2.45, 2.75) is 5.75 Å². The van der Waals surface area contributed by atoms with Crippen LogP contribution in [0.15, 0.2) is 60.9 Å². The van der Waals surface area contributed by atoms with Crippen molar-refractivity contribution in [2.24, 2.45) is 0 Å². The Bertz CT molecular complexity index is 616. The predicted octanol–water partition coefficient (Wildman–Crippen LogP) is 3.73. The van der Waals surface area contributed by atoms with Gasteiger partial charge in [0.15, 0.2) is 0 Å². The van der Waals surface area contributed by atoms with Gasteiger partial charge in [0.1, 0.15) is 6.33 Å². The topological polar surface area (TPSA) is 17.8 Å². The molecule has 1 heterocycles. The summed E-state index contributed by atoms with van der Waals surface area (Å²) in [4.78, 5) is 4.37. The Labute approximate surface area is 104 Å². The Hall–Kier alpha value is -1.74. The van der Waals surface area contributed by atoms with Crippen molar-refractivity contribution in [2.75, 3.05) is 0 Å². The van der Waals surface area contributed by atoms with Crippen molar-refractivity contribution in [3.63, 3.8) is 0 Å². The van der Waals surface area contributed by atoms with E-state index in [-0.39, 0.29) is 0 Å². The molecule has 84 valence electrons. The maximum atomic E-state index is 4.37. The molecule has 3 rings (SSSR count). The zero-order valence-electron chi connectivity index (χ0n) is 9.28. The molecule has 0 unspecified atom stereocenters. The summed E-state index contributed by atoms with van der Waals surface area (Å²) in [7, 11) is 0. The van der Waals surface area contributed by atoms with E-state index in [9.17, 15) is 0 Å². The third-order valence-corrected chi connectivity index (χ3v) is 3.67. The number of hydrogen-bond donors (Lipinski definition) is 0.